The first kappa shape index (κ1) is 15.5. The van der Waals surface area contributed by atoms with Gasteiger partial charge in [0.2, 0.25) is 0 Å². The van der Waals surface area contributed by atoms with E-state index in [9.17, 15) is 0 Å². The predicted molar refractivity (Wildman–Crippen MR) is 90.2 cm³/mol. The highest BCUT2D eigenvalue weighted by atomic mass is 79.9. The molecule has 0 fully saturated rings. The van der Waals surface area contributed by atoms with Crippen molar-refractivity contribution < 1.29 is 4.74 Å². The van der Waals surface area contributed by atoms with Crippen molar-refractivity contribution >= 4 is 31.9 Å². The van der Waals surface area contributed by atoms with Gasteiger partial charge in [0.05, 0.1) is 11.6 Å². The molecule has 0 aliphatic rings. The Hall–Kier alpha value is -0.840. The number of ether oxygens (including phenoxy) is 1. The first-order valence-corrected chi connectivity index (χ1v) is 7.94. The molecule has 4 heteroatoms. The SMILES string of the molecule is COc1ccc(CC(N)c2ccc(Br)c(C)c2)cc1Br. The van der Waals surface area contributed by atoms with Gasteiger partial charge in [0.25, 0.3) is 0 Å². The molecular weight excluding hydrogens is 382 g/mol. The normalized spacial score (nSPS) is 12.2. The molecule has 106 valence electrons. The van der Waals surface area contributed by atoms with Gasteiger partial charge in [0.15, 0.2) is 0 Å². The lowest BCUT2D eigenvalue weighted by atomic mass is 9.98. The standard InChI is InChI=1S/C16H17Br2NO/c1-10-7-12(4-5-13(10)17)15(19)9-11-3-6-16(20-2)14(18)8-11/h3-8,15H,9,19H2,1-2H3. The van der Waals surface area contributed by atoms with Gasteiger partial charge in [-0.05, 0) is 64.2 Å². The largest absolute Gasteiger partial charge is 0.496 e. The molecule has 2 aromatic carbocycles. The molecule has 2 N–H and O–H groups in total. The molecule has 2 nitrogen and oxygen atoms in total. The molecule has 20 heavy (non-hydrogen) atoms. The van der Waals surface area contributed by atoms with Crippen molar-refractivity contribution in [3.05, 3.63) is 62.0 Å². The van der Waals surface area contributed by atoms with Gasteiger partial charge in [-0.2, -0.15) is 0 Å². The van der Waals surface area contributed by atoms with Crippen LogP contribution in [0.25, 0.3) is 0 Å². The topological polar surface area (TPSA) is 35.2 Å². The maximum Gasteiger partial charge on any atom is 0.133 e. The third-order valence-electron chi connectivity index (χ3n) is 3.28. The van der Waals surface area contributed by atoms with Crippen molar-refractivity contribution in [2.24, 2.45) is 5.73 Å². The summed E-state index contributed by atoms with van der Waals surface area (Å²) in [6.45, 7) is 2.07. The Morgan fingerprint density at radius 3 is 2.45 bits per heavy atom. The molecular formula is C16H17Br2NO. The van der Waals surface area contributed by atoms with Crippen molar-refractivity contribution in [2.45, 2.75) is 19.4 Å². The minimum Gasteiger partial charge on any atom is -0.496 e. The smallest absolute Gasteiger partial charge is 0.133 e. The summed E-state index contributed by atoms with van der Waals surface area (Å²) in [4.78, 5) is 0. The van der Waals surface area contributed by atoms with Gasteiger partial charge < -0.3 is 10.5 Å². The number of nitrogens with two attached hydrogens (primary N) is 1. The molecule has 2 aromatic rings. The maximum absolute atomic E-state index is 6.30. The average Bonchev–Trinajstić information content (AvgIpc) is 2.42. The van der Waals surface area contributed by atoms with Crippen LogP contribution in [0.4, 0.5) is 0 Å². The molecule has 0 aromatic heterocycles. The zero-order chi connectivity index (χ0) is 14.7. The number of methoxy groups -OCH3 is 1. The molecule has 0 radical (unpaired) electrons. The zero-order valence-corrected chi connectivity index (χ0v) is 14.7. The van der Waals surface area contributed by atoms with E-state index >= 15 is 0 Å². The summed E-state index contributed by atoms with van der Waals surface area (Å²) in [5.74, 6) is 0.835. The first-order valence-electron chi connectivity index (χ1n) is 6.35. The summed E-state index contributed by atoms with van der Waals surface area (Å²) in [5, 5.41) is 0. The van der Waals surface area contributed by atoms with Crippen molar-refractivity contribution in [1.82, 2.24) is 0 Å². The van der Waals surface area contributed by atoms with Gasteiger partial charge in [0, 0.05) is 10.5 Å². The van der Waals surface area contributed by atoms with Crippen LogP contribution in [0.15, 0.2) is 45.3 Å². The summed E-state index contributed by atoms with van der Waals surface area (Å²) in [6.07, 6.45) is 0.795. The number of hydrogen-bond acceptors (Lipinski definition) is 2. The predicted octanol–water partition coefficient (Wildman–Crippen LogP) is 4.77. The molecule has 0 heterocycles. The Morgan fingerprint density at radius 2 is 1.85 bits per heavy atom. The minimum absolute atomic E-state index is 0.0119. The van der Waals surface area contributed by atoms with Crippen molar-refractivity contribution in [2.75, 3.05) is 7.11 Å². The fourth-order valence-corrected chi connectivity index (χ4v) is 2.94. The van der Waals surface area contributed by atoms with Crippen LogP contribution in [0.5, 0.6) is 5.75 Å². The van der Waals surface area contributed by atoms with E-state index in [0.29, 0.717) is 0 Å². The fraction of sp³-hybridized carbons (Fsp3) is 0.250. The van der Waals surface area contributed by atoms with Crippen LogP contribution in [-0.4, -0.2) is 7.11 Å². The quantitative estimate of drug-likeness (QED) is 0.804. The summed E-state index contributed by atoms with van der Waals surface area (Å²) >= 11 is 7.01. The molecule has 1 atom stereocenters. The lowest BCUT2D eigenvalue weighted by Gasteiger charge is -2.14. The third-order valence-corrected chi connectivity index (χ3v) is 4.79. The number of benzene rings is 2. The number of hydrogen-bond donors (Lipinski definition) is 1. The highest BCUT2D eigenvalue weighted by molar-refractivity contribution is 9.10. The van der Waals surface area contributed by atoms with E-state index in [1.165, 1.54) is 11.1 Å². The number of aryl methyl sites for hydroxylation is 1. The van der Waals surface area contributed by atoms with Crippen LogP contribution in [0.3, 0.4) is 0 Å². The molecule has 2 rings (SSSR count). The Kier molecular flexibility index (Phi) is 5.24. The van der Waals surface area contributed by atoms with Gasteiger partial charge in [-0.25, -0.2) is 0 Å². The van der Waals surface area contributed by atoms with Crippen LogP contribution >= 0.6 is 31.9 Å². The van der Waals surface area contributed by atoms with Crippen LogP contribution in [-0.2, 0) is 6.42 Å². The average molecular weight is 399 g/mol. The Bertz CT molecular complexity index is 613. The second kappa shape index (κ2) is 6.74. The Balaban J connectivity index is 2.16. The molecule has 0 bridgehead atoms. The monoisotopic (exact) mass is 397 g/mol. The first-order chi connectivity index (χ1) is 9.51. The van der Waals surface area contributed by atoms with E-state index in [2.05, 4.69) is 69.1 Å². The van der Waals surface area contributed by atoms with E-state index in [1.54, 1.807) is 7.11 Å². The van der Waals surface area contributed by atoms with Crippen molar-refractivity contribution in [1.29, 1.82) is 0 Å². The maximum atomic E-state index is 6.30. The van der Waals surface area contributed by atoms with Gasteiger partial charge in [-0.1, -0.05) is 34.1 Å². The summed E-state index contributed by atoms with van der Waals surface area (Å²) in [7, 11) is 1.66. The van der Waals surface area contributed by atoms with Crippen molar-refractivity contribution in [3.63, 3.8) is 0 Å². The molecule has 0 spiro atoms. The minimum atomic E-state index is -0.0119. The molecule has 0 saturated carbocycles. The van der Waals surface area contributed by atoms with Gasteiger partial charge in [-0.15, -0.1) is 0 Å². The van der Waals surface area contributed by atoms with E-state index in [1.807, 2.05) is 6.07 Å². The Labute approximate surface area is 136 Å². The fourth-order valence-electron chi connectivity index (χ4n) is 2.11. The second-order valence-electron chi connectivity index (χ2n) is 4.79. The van der Waals surface area contributed by atoms with Crippen LogP contribution in [0.1, 0.15) is 22.7 Å². The summed E-state index contributed by atoms with van der Waals surface area (Å²) in [6, 6.07) is 12.3. The van der Waals surface area contributed by atoms with Gasteiger partial charge >= 0.3 is 0 Å². The highest BCUT2D eigenvalue weighted by Crippen LogP contribution is 2.28. The highest BCUT2D eigenvalue weighted by Gasteiger charge is 2.10. The van der Waals surface area contributed by atoms with Crippen LogP contribution < -0.4 is 10.5 Å². The number of rotatable bonds is 4. The van der Waals surface area contributed by atoms with E-state index in [-0.39, 0.29) is 6.04 Å². The summed E-state index contributed by atoms with van der Waals surface area (Å²) < 4.78 is 7.30. The van der Waals surface area contributed by atoms with Gasteiger partial charge in [0.1, 0.15) is 5.75 Å². The third kappa shape index (κ3) is 3.62. The van der Waals surface area contributed by atoms with Gasteiger partial charge in [-0.3, -0.25) is 0 Å². The molecule has 0 aliphatic carbocycles. The Morgan fingerprint density at radius 1 is 1.10 bits per heavy atom. The van der Waals surface area contributed by atoms with Crippen molar-refractivity contribution in [3.8, 4) is 5.75 Å². The molecule has 0 aliphatic heterocycles. The lowest BCUT2D eigenvalue weighted by molar-refractivity contribution is 0.412. The van der Waals surface area contributed by atoms with E-state index in [0.717, 1.165) is 26.7 Å². The molecule has 0 saturated heterocycles. The summed E-state index contributed by atoms with van der Waals surface area (Å²) in [5.41, 5.74) is 9.84. The number of halogens is 2. The second-order valence-corrected chi connectivity index (χ2v) is 6.50. The van der Waals surface area contributed by atoms with Crippen LogP contribution in [0, 0.1) is 6.92 Å². The zero-order valence-electron chi connectivity index (χ0n) is 11.5. The molecule has 1 unspecified atom stereocenters. The molecule has 0 amide bonds. The van der Waals surface area contributed by atoms with E-state index in [4.69, 9.17) is 10.5 Å². The lowest BCUT2D eigenvalue weighted by Crippen LogP contribution is -2.13. The van der Waals surface area contributed by atoms with E-state index < -0.39 is 0 Å². The van der Waals surface area contributed by atoms with Crippen LogP contribution in [0.2, 0.25) is 0 Å².